The van der Waals surface area contributed by atoms with E-state index in [-0.39, 0.29) is 18.2 Å². The molecule has 1 aromatic rings. The highest BCUT2D eigenvalue weighted by molar-refractivity contribution is 5.79. The average Bonchev–Trinajstić information content (AvgIpc) is 2.46. The Morgan fingerprint density at radius 1 is 1.24 bits per heavy atom. The second-order valence-electron chi connectivity index (χ2n) is 5.31. The third-order valence-corrected chi connectivity index (χ3v) is 3.50. The van der Waals surface area contributed by atoms with Gasteiger partial charge in [-0.15, -0.1) is 0 Å². The second kappa shape index (κ2) is 9.00. The van der Waals surface area contributed by atoms with Crippen LogP contribution < -0.4 is 10.9 Å². The molecule has 0 spiro atoms. The highest BCUT2D eigenvalue weighted by Crippen LogP contribution is 2.22. The van der Waals surface area contributed by atoms with E-state index in [9.17, 15) is 14.7 Å². The monoisotopic (exact) mass is 292 g/mol. The van der Waals surface area contributed by atoms with E-state index in [1.54, 1.807) is 0 Å². The van der Waals surface area contributed by atoms with Crippen molar-refractivity contribution in [1.29, 1.82) is 0 Å². The van der Waals surface area contributed by atoms with Crippen LogP contribution in [-0.2, 0) is 9.59 Å². The Hall–Kier alpha value is -2.04. The summed E-state index contributed by atoms with van der Waals surface area (Å²) in [5.74, 6) is -1.67. The van der Waals surface area contributed by atoms with Gasteiger partial charge in [-0.3, -0.25) is 20.4 Å². The number of hydrazine groups is 1. The molecule has 0 radical (unpaired) electrons. The van der Waals surface area contributed by atoms with E-state index in [2.05, 4.69) is 10.9 Å². The van der Waals surface area contributed by atoms with E-state index in [1.807, 2.05) is 44.2 Å². The highest BCUT2D eigenvalue weighted by Gasteiger charge is 2.25. The number of carbonyl (C=O) groups is 2. The zero-order chi connectivity index (χ0) is 15.7. The molecule has 0 bridgehead atoms. The standard InChI is InChI=1S/C16H24N2O3/c1-3-4-10-14(16(20)21)12(2)11-15(19)18-17-13-8-6-5-7-9-13/h5-9,12,14,17H,3-4,10-11H2,1-2H3,(H,18,19)(H,20,21)/t12-,14-/m1/s1. The molecule has 0 saturated heterocycles. The van der Waals surface area contributed by atoms with Gasteiger partial charge < -0.3 is 5.11 Å². The Labute approximate surface area is 125 Å². The lowest BCUT2D eigenvalue weighted by Gasteiger charge is -2.19. The Bertz CT molecular complexity index is 448. The molecule has 5 nitrogen and oxygen atoms in total. The van der Waals surface area contributed by atoms with Crippen molar-refractivity contribution in [2.24, 2.45) is 11.8 Å². The van der Waals surface area contributed by atoms with Crippen LogP contribution in [0.25, 0.3) is 0 Å². The number of unbranched alkanes of at least 4 members (excludes halogenated alkanes) is 1. The molecule has 0 heterocycles. The molecular weight excluding hydrogens is 268 g/mol. The van der Waals surface area contributed by atoms with Gasteiger partial charge in [0.2, 0.25) is 5.91 Å². The van der Waals surface area contributed by atoms with E-state index >= 15 is 0 Å². The number of hydrogen-bond acceptors (Lipinski definition) is 3. The summed E-state index contributed by atoms with van der Waals surface area (Å²) in [4.78, 5) is 23.1. The molecule has 0 unspecified atom stereocenters. The van der Waals surface area contributed by atoms with Crippen LogP contribution in [0, 0.1) is 11.8 Å². The molecule has 3 N–H and O–H groups in total. The van der Waals surface area contributed by atoms with Crippen LogP contribution in [0.4, 0.5) is 5.69 Å². The fourth-order valence-corrected chi connectivity index (χ4v) is 2.22. The Morgan fingerprint density at radius 2 is 1.90 bits per heavy atom. The summed E-state index contributed by atoms with van der Waals surface area (Å²) in [7, 11) is 0. The highest BCUT2D eigenvalue weighted by atomic mass is 16.4. The molecule has 0 saturated carbocycles. The molecule has 0 fully saturated rings. The van der Waals surface area contributed by atoms with Gasteiger partial charge in [0.05, 0.1) is 11.6 Å². The molecule has 0 aliphatic heterocycles. The molecule has 1 rings (SSSR count). The molecule has 5 heteroatoms. The Morgan fingerprint density at radius 3 is 2.48 bits per heavy atom. The predicted molar refractivity (Wildman–Crippen MR) is 82.6 cm³/mol. The number of rotatable bonds is 9. The summed E-state index contributed by atoms with van der Waals surface area (Å²) < 4.78 is 0. The van der Waals surface area contributed by atoms with Crippen molar-refractivity contribution in [2.75, 3.05) is 5.43 Å². The lowest BCUT2D eigenvalue weighted by Crippen LogP contribution is -2.33. The summed E-state index contributed by atoms with van der Waals surface area (Å²) in [6, 6.07) is 9.29. The summed E-state index contributed by atoms with van der Waals surface area (Å²) >= 11 is 0. The Balaban J connectivity index is 2.42. The third-order valence-electron chi connectivity index (χ3n) is 3.50. The summed E-state index contributed by atoms with van der Waals surface area (Å²) in [6.45, 7) is 3.84. The van der Waals surface area contributed by atoms with Crippen molar-refractivity contribution in [2.45, 2.75) is 39.5 Å². The minimum absolute atomic E-state index is 0.188. The van der Waals surface area contributed by atoms with Gasteiger partial charge in [-0.05, 0) is 24.5 Å². The number of para-hydroxylation sites is 1. The van der Waals surface area contributed by atoms with Crippen LogP contribution in [0.3, 0.4) is 0 Å². The first-order chi connectivity index (χ1) is 10.0. The molecule has 116 valence electrons. The van der Waals surface area contributed by atoms with Gasteiger partial charge in [-0.2, -0.15) is 0 Å². The maximum absolute atomic E-state index is 11.9. The van der Waals surface area contributed by atoms with E-state index in [1.165, 1.54) is 0 Å². The fraction of sp³-hybridized carbons (Fsp3) is 0.500. The third kappa shape index (κ3) is 6.29. The maximum Gasteiger partial charge on any atom is 0.306 e. The first-order valence-electron chi connectivity index (χ1n) is 7.37. The van der Waals surface area contributed by atoms with E-state index < -0.39 is 11.9 Å². The van der Waals surface area contributed by atoms with E-state index in [4.69, 9.17) is 0 Å². The first kappa shape index (κ1) is 17.0. The maximum atomic E-state index is 11.9. The summed E-state index contributed by atoms with van der Waals surface area (Å²) in [5.41, 5.74) is 6.20. The van der Waals surface area contributed by atoms with Crippen molar-refractivity contribution < 1.29 is 14.7 Å². The van der Waals surface area contributed by atoms with E-state index in [0.717, 1.165) is 18.5 Å². The van der Waals surface area contributed by atoms with Crippen molar-refractivity contribution in [3.05, 3.63) is 30.3 Å². The number of carboxylic acid groups (broad SMARTS) is 1. The fourth-order valence-electron chi connectivity index (χ4n) is 2.22. The average molecular weight is 292 g/mol. The summed E-state index contributed by atoms with van der Waals surface area (Å²) in [5, 5.41) is 9.24. The van der Waals surface area contributed by atoms with Crippen LogP contribution in [-0.4, -0.2) is 17.0 Å². The number of hydrogen-bond donors (Lipinski definition) is 3. The number of nitrogens with one attached hydrogen (secondary N) is 2. The van der Waals surface area contributed by atoms with Crippen LogP contribution in [0.2, 0.25) is 0 Å². The number of carboxylic acids is 1. The number of amides is 1. The molecule has 0 aliphatic rings. The van der Waals surface area contributed by atoms with Crippen LogP contribution in [0.1, 0.15) is 39.5 Å². The smallest absolute Gasteiger partial charge is 0.306 e. The van der Waals surface area contributed by atoms with Gasteiger partial charge in [0.25, 0.3) is 0 Å². The zero-order valence-electron chi connectivity index (χ0n) is 12.6. The molecule has 1 amide bonds. The molecule has 0 aliphatic carbocycles. The molecule has 0 aromatic heterocycles. The van der Waals surface area contributed by atoms with Gasteiger partial charge in [-0.1, -0.05) is 44.9 Å². The van der Waals surface area contributed by atoms with Crippen molar-refractivity contribution in [1.82, 2.24) is 5.43 Å². The van der Waals surface area contributed by atoms with Gasteiger partial charge >= 0.3 is 5.97 Å². The van der Waals surface area contributed by atoms with Gasteiger partial charge in [0, 0.05) is 6.42 Å². The minimum Gasteiger partial charge on any atom is -0.481 e. The number of aliphatic carboxylic acids is 1. The lowest BCUT2D eigenvalue weighted by atomic mass is 9.87. The van der Waals surface area contributed by atoms with Gasteiger partial charge in [-0.25, -0.2) is 0 Å². The van der Waals surface area contributed by atoms with Gasteiger partial charge in [0.15, 0.2) is 0 Å². The minimum atomic E-state index is -0.820. The number of benzene rings is 1. The topological polar surface area (TPSA) is 78.4 Å². The predicted octanol–water partition coefficient (Wildman–Crippen LogP) is 3.05. The van der Waals surface area contributed by atoms with Crippen molar-refractivity contribution >= 4 is 17.6 Å². The summed E-state index contributed by atoms with van der Waals surface area (Å²) in [6.07, 6.45) is 2.64. The molecule has 1 aromatic carbocycles. The molecular formula is C16H24N2O3. The van der Waals surface area contributed by atoms with Crippen LogP contribution >= 0.6 is 0 Å². The van der Waals surface area contributed by atoms with Crippen LogP contribution in [0.15, 0.2) is 30.3 Å². The molecule has 21 heavy (non-hydrogen) atoms. The van der Waals surface area contributed by atoms with Gasteiger partial charge in [0.1, 0.15) is 0 Å². The second-order valence-corrected chi connectivity index (χ2v) is 5.31. The van der Waals surface area contributed by atoms with Crippen LogP contribution in [0.5, 0.6) is 0 Å². The Kier molecular flexibility index (Phi) is 7.29. The first-order valence-corrected chi connectivity index (χ1v) is 7.37. The lowest BCUT2D eigenvalue weighted by molar-refractivity contribution is -0.144. The SMILES string of the molecule is CCCC[C@@H](C(=O)O)[C@H](C)CC(=O)NNc1ccccc1. The number of anilines is 1. The normalized spacial score (nSPS) is 13.2. The van der Waals surface area contributed by atoms with Crippen molar-refractivity contribution in [3.8, 4) is 0 Å². The largest absolute Gasteiger partial charge is 0.481 e. The van der Waals surface area contributed by atoms with E-state index in [0.29, 0.717) is 6.42 Å². The van der Waals surface area contributed by atoms with Crippen molar-refractivity contribution in [3.63, 3.8) is 0 Å². The molecule has 2 atom stereocenters. The number of carbonyl (C=O) groups excluding carboxylic acids is 1. The zero-order valence-corrected chi connectivity index (χ0v) is 12.6. The quantitative estimate of drug-likeness (QED) is 0.611.